The number of nitrogens with one attached hydrogen (secondary N) is 2. The van der Waals surface area contributed by atoms with Gasteiger partial charge in [0, 0.05) is 25.4 Å². The van der Waals surface area contributed by atoms with Gasteiger partial charge in [0.1, 0.15) is 0 Å². The summed E-state index contributed by atoms with van der Waals surface area (Å²) in [4.78, 5) is 15.9. The van der Waals surface area contributed by atoms with Crippen LogP contribution in [0, 0.1) is 17.5 Å². The molecule has 2 aromatic rings. The van der Waals surface area contributed by atoms with Crippen molar-refractivity contribution in [2.24, 2.45) is 0 Å². The zero-order valence-electron chi connectivity index (χ0n) is 11.0. The third-order valence-corrected chi connectivity index (χ3v) is 3.62. The third kappa shape index (κ3) is 3.52. The van der Waals surface area contributed by atoms with Crippen LogP contribution in [-0.4, -0.2) is 24.5 Å². The Hall–Kier alpha value is -2.09. The normalized spacial score (nSPS) is 10.5. The van der Waals surface area contributed by atoms with E-state index < -0.39 is 28.9 Å². The van der Waals surface area contributed by atoms with Gasteiger partial charge in [0.25, 0.3) is 5.91 Å². The molecular weight excluding hydrogens is 303 g/mol. The van der Waals surface area contributed by atoms with E-state index in [1.165, 1.54) is 11.3 Å². The molecule has 112 valence electrons. The number of hydrogen-bond acceptors (Lipinski definition) is 4. The first-order valence-electron chi connectivity index (χ1n) is 6.06. The number of carbonyl (C=O) groups is 1. The van der Waals surface area contributed by atoms with Crippen LogP contribution >= 0.6 is 11.3 Å². The fraction of sp³-hybridized carbons (Fsp3) is 0.231. The maximum Gasteiger partial charge on any atom is 0.254 e. The molecule has 0 saturated carbocycles. The van der Waals surface area contributed by atoms with Crippen LogP contribution in [0.4, 0.5) is 18.3 Å². The molecule has 0 saturated heterocycles. The molecule has 0 fully saturated rings. The smallest absolute Gasteiger partial charge is 0.254 e. The molecule has 1 aromatic heterocycles. The van der Waals surface area contributed by atoms with Crippen LogP contribution in [0.15, 0.2) is 17.5 Å². The molecule has 0 aliphatic rings. The molecule has 2 rings (SSSR count). The highest BCUT2D eigenvalue weighted by molar-refractivity contribution is 7.13. The molecule has 2 N–H and O–H groups in total. The van der Waals surface area contributed by atoms with Crippen LogP contribution in [0.2, 0.25) is 0 Å². The van der Waals surface area contributed by atoms with Crippen molar-refractivity contribution in [3.8, 4) is 0 Å². The summed E-state index contributed by atoms with van der Waals surface area (Å²) in [5.74, 6) is -5.26. The van der Waals surface area contributed by atoms with Crippen molar-refractivity contribution in [2.45, 2.75) is 6.42 Å². The fourth-order valence-corrected chi connectivity index (χ4v) is 2.34. The molecule has 0 aliphatic carbocycles. The molecule has 4 nitrogen and oxygen atoms in total. The summed E-state index contributed by atoms with van der Waals surface area (Å²) in [6.07, 6.45) is 0.454. The van der Waals surface area contributed by atoms with Crippen LogP contribution in [0.25, 0.3) is 0 Å². The molecule has 0 unspecified atom stereocenters. The monoisotopic (exact) mass is 315 g/mol. The number of amides is 1. The van der Waals surface area contributed by atoms with Gasteiger partial charge in [-0.05, 0) is 12.1 Å². The molecule has 0 bridgehead atoms. The van der Waals surface area contributed by atoms with Crippen LogP contribution in [0.3, 0.4) is 0 Å². The number of anilines is 1. The van der Waals surface area contributed by atoms with Crippen molar-refractivity contribution >= 4 is 22.4 Å². The number of nitrogens with zero attached hydrogens (tertiary/aromatic N) is 1. The minimum Gasteiger partial charge on any atom is -0.365 e. The Morgan fingerprint density at radius 1 is 1.29 bits per heavy atom. The molecular formula is C13H12F3N3OS. The Kier molecular flexibility index (Phi) is 4.79. The standard InChI is InChI=1S/C13H12F3N3OS/c1-17-13-19-7(6-21-13)4-5-18-12(20)8-2-3-9(14)11(16)10(8)15/h2-3,6H,4-5H2,1H3,(H,17,19)(H,18,20). The number of carbonyl (C=O) groups excluding carboxylic acids is 1. The average molecular weight is 315 g/mol. The Balaban J connectivity index is 1.94. The van der Waals surface area contributed by atoms with Crippen LogP contribution in [0.5, 0.6) is 0 Å². The van der Waals surface area contributed by atoms with Gasteiger partial charge in [0.05, 0.1) is 11.3 Å². The lowest BCUT2D eigenvalue weighted by atomic mass is 10.2. The van der Waals surface area contributed by atoms with Gasteiger partial charge in [0.2, 0.25) is 0 Å². The molecule has 1 heterocycles. The van der Waals surface area contributed by atoms with Crippen LogP contribution < -0.4 is 10.6 Å². The number of thiazole rings is 1. The summed E-state index contributed by atoms with van der Waals surface area (Å²) < 4.78 is 39.2. The molecule has 0 spiro atoms. The molecule has 8 heteroatoms. The second-order valence-corrected chi connectivity index (χ2v) is 4.98. The summed E-state index contributed by atoms with van der Waals surface area (Å²) >= 11 is 1.42. The van der Waals surface area contributed by atoms with Gasteiger partial charge < -0.3 is 10.6 Å². The van der Waals surface area contributed by atoms with Crippen molar-refractivity contribution in [2.75, 3.05) is 18.9 Å². The van der Waals surface area contributed by atoms with Gasteiger partial charge in [-0.3, -0.25) is 4.79 Å². The van der Waals surface area contributed by atoms with Crippen LogP contribution in [-0.2, 0) is 6.42 Å². The van der Waals surface area contributed by atoms with Crippen molar-refractivity contribution < 1.29 is 18.0 Å². The maximum atomic E-state index is 13.4. The first kappa shape index (κ1) is 15.3. The maximum absolute atomic E-state index is 13.4. The van der Waals surface area contributed by atoms with E-state index in [-0.39, 0.29) is 6.54 Å². The minimum absolute atomic E-state index is 0.212. The number of hydrogen-bond donors (Lipinski definition) is 2. The van der Waals surface area contributed by atoms with Gasteiger partial charge in [-0.1, -0.05) is 0 Å². The first-order valence-corrected chi connectivity index (χ1v) is 6.94. The lowest BCUT2D eigenvalue weighted by Gasteiger charge is -2.06. The SMILES string of the molecule is CNc1nc(CCNC(=O)c2ccc(F)c(F)c2F)cs1. The summed E-state index contributed by atoms with van der Waals surface area (Å²) in [5, 5.41) is 7.91. The highest BCUT2D eigenvalue weighted by Crippen LogP contribution is 2.16. The fourth-order valence-electron chi connectivity index (χ4n) is 1.64. The lowest BCUT2D eigenvalue weighted by molar-refractivity contribution is 0.0948. The highest BCUT2D eigenvalue weighted by Gasteiger charge is 2.18. The first-order chi connectivity index (χ1) is 10.0. The zero-order chi connectivity index (χ0) is 15.4. The van der Waals surface area contributed by atoms with E-state index in [4.69, 9.17) is 0 Å². The molecule has 21 heavy (non-hydrogen) atoms. The molecule has 0 radical (unpaired) electrons. The highest BCUT2D eigenvalue weighted by atomic mass is 32.1. The van der Waals surface area contributed by atoms with Gasteiger partial charge in [-0.2, -0.15) is 0 Å². The van der Waals surface area contributed by atoms with Crippen molar-refractivity contribution in [1.82, 2.24) is 10.3 Å². The molecule has 1 aromatic carbocycles. The van der Waals surface area contributed by atoms with Crippen LogP contribution in [0.1, 0.15) is 16.1 Å². The third-order valence-electron chi connectivity index (χ3n) is 2.71. The minimum atomic E-state index is -1.65. The van der Waals surface area contributed by atoms with E-state index in [1.54, 1.807) is 7.05 Å². The topological polar surface area (TPSA) is 54.0 Å². The van der Waals surface area contributed by atoms with Gasteiger partial charge in [-0.15, -0.1) is 11.3 Å². The number of aromatic nitrogens is 1. The predicted octanol–water partition coefficient (Wildman–Crippen LogP) is 2.57. The second kappa shape index (κ2) is 6.57. The Morgan fingerprint density at radius 3 is 2.71 bits per heavy atom. The molecule has 1 amide bonds. The summed E-state index contributed by atoms with van der Waals surface area (Å²) in [5.41, 5.74) is 0.249. The largest absolute Gasteiger partial charge is 0.365 e. The van der Waals surface area contributed by atoms with E-state index in [0.29, 0.717) is 12.5 Å². The van der Waals surface area contributed by atoms with Gasteiger partial charge in [0.15, 0.2) is 22.6 Å². The average Bonchev–Trinajstić information content (AvgIpc) is 2.93. The van der Waals surface area contributed by atoms with Gasteiger partial charge >= 0.3 is 0 Å². The van der Waals surface area contributed by atoms with E-state index in [2.05, 4.69) is 15.6 Å². The zero-order valence-corrected chi connectivity index (χ0v) is 11.9. The predicted molar refractivity (Wildman–Crippen MR) is 74.0 cm³/mol. The Bertz CT molecular complexity index is 660. The summed E-state index contributed by atoms with van der Waals surface area (Å²) in [6, 6.07) is 1.62. The van der Waals surface area contributed by atoms with Gasteiger partial charge in [-0.25, -0.2) is 18.2 Å². The molecule has 0 aliphatic heterocycles. The van der Waals surface area contributed by atoms with Crippen molar-refractivity contribution in [3.63, 3.8) is 0 Å². The summed E-state index contributed by atoms with van der Waals surface area (Å²) in [6.45, 7) is 0.212. The number of benzene rings is 1. The Morgan fingerprint density at radius 2 is 2.05 bits per heavy atom. The van der Waals surface area contributed by atoms with E-state index in [9.17, 15) is 18.0 Å². The quantitative estimate of drug-likeness (QED) is 0.834. The van der Waals surface area contributed by atoms with Crippen molar-refractivity contribution in [1.29, 1.82) is 0 Å². The van der Waals surface area contributed by atoms with E-state index in [0.717, 1.165) is 16.9 Å². The Labute approximate surface area is 123 Å². The molecule has 0 atom stereocenters. The lowest BCUT2D eigenvalue weighted by Crippen LogP contribution is -2.27. The van der Waals surface area contributed by atoms with Crippen molar-refractivity contribution in [3.05, 3.63) is 46.2 Å². The number of halogens is 3. The van der Waals surface area contributed by atoms with E-state index >= 15 is 0 Å². The summed E-state index contributed by atoms with van der Waals surface area (Å²) in [7, 11) is 1.75. The second-order valence-electron chi connectivity index (χ2n) is 4.12. The van der Waals surface area contributed by atoms with E-state index in [1.807, 2.05) is 5.38 Å². The number of rotatable bonds is 5.